The monoisotopic (exact) mass is 222 g/mol. The molecule has 0 aliphatic rings. The van der Waals surface area contributed by atoms with Gasteiger partial charge in [0.15, 0.2) is 5.82 Å². The minimum absolute atomic E-state index is 0.111. The third kappa shape index (κ3) is 1.50. The van der Waals surface area contributed by atoms with Gasteiger partial charge in [0, 0.05) is 10.8 Å². The van der Waals surface area contributed by atoms with Gasteiger partial charge in [-0.1, -0.05) is 24.3 Å². The number of hydrogen-bond donors (Lipinski definition) is 0. The second kappa shape index (κ2) is 3.64. The molecule has 0 saturated heterocycles. The highest BCUT2D eigenvalue weighted by atomic mass is 15.4. The first kappa shape index (κ1) is 9.42. The summed E-state index contributed by atoms with van der Waals surface area (Å²) in [6.07, 6.45) is 3.13. The highest BCUT2D eigenvalue weighted by molar-refractivity contribution is 5.87. The van der Waals surface area contributed by atoms with Crippen molar-refractivity contribution < 1.29 is 0 Å². The Morgan fingerprint density at radius 3 is 2.94 bits per heavy atom. The Balaban J connectivity index is 2.27. The van der Waals surface area contributed by atoms with E-state index in [2.05, 4.69) is 20.3 Å². The molecule has 17 heavy (non-hydrogen) atoms. The van der Waals surface area contributed by atoms with Crippen molar-refractivity contribution in [2.75, 3.05) is 0 Å². The van der Waals surface area contributed by atoms with E-state index in [0.29, 0.717) is 5.82 Å². The van der Waals surface area contributed by atoms with Crippen molar-refractivity contribution >= 4 is 10.8 Å². The van der Waals surface area contributed by atoms with Crippen molar-refractivity contribution in [1.82, 2.24) is 25.0 Å². The molecule has 0 spiro atoms. The lowest BCUT2D eigenvalue weighted by Crippen LogP contribution is -2.01. The molecule has 2 heterocycles. The molecule has 0 aliphatic carbocycles. The van der Waals surface area contributed by atoms with Gasteiger partial charge in [0.25, 0.3) is 5.82 Å². The van der Waals surface area contributed by atoms with Crippen molar-refractivity contribution in [3.8, 4) is 11.9 Å². The first-order valence-electron chi connectivity index (χ1n) is 4.91. The summed E-state index contributed by atoms with van der Waals surface area (Å²) >= 11 is 0. The van der Waals surface area contributed by atoms with Crippen LogP contribution in [-0.2, 0) is 0 Å². The van der Waals surface area contributed by atoms with Crippen LogP contribution in [0.2, 0.25) is 0 Å². The van der Waals surface area contributed by atoms with Gasteiger partial charge in [0.1, 0.15) is 12.4 Å². The lowest BCUT2D eigenvalue weighted by molar-refractivity contribution is 0.820. The average Bonchev–Trinajstić information content (AvgIpc) is 2.87. The van der Waals surface area contributed by atoms with E-state index in [0.717, 1.165) is 10.8 Å². The van der Waals surface area contributed by atoms with Crippen molar-refractivity contribution in [3.05, 3.63) is 42.6 Å². The van der Waals surface area contributed by atoms with Crippen molar-refractivity contribution in [2.45, 2.75) is 0 Å². The Hall–Kier alpha value is -2.81. The van der Waals surface area contributed by atoms with E-state index in [1.807, 2.05) is 30.3 Å². The third-order valence-corrected chi connectivity index (χ3v) is 2.36. The van der Waals surface area contributed by atoms with Gasteiger partial charge in [-0.15, -0.1) is 10.2 Å². The number of fused-ring (bicyclic) bond motifs is 1. The minimum atomic E-state index is 0.111. The lowest BCUT2D eigenvalue weighted by atomic mass is 10.2. The van der Waals surface area contributed by atoms with Crippen LogP contribution in [0.15, 0.2) is 36.8 Å². The van der Waals surface area contributed by atoms with Crippen LogP contribution in [0.1, 0.15) is 5.82 Å². The topological polar surface area (TPSA) is 80.3 Å². The van der Waals surface area contributed by atoms with Gasteiger partial charge in [-0.25, -0.2) is 4.98 Å². The number of hydrogen-bond acceptors (Lipinski definition) is 5. The van der Waals surface area contributed by atoms with Crippen LogP contribution in [0.3, 0.4) is 0 Å². The van der Waals surface area contributed by atoms with Crippen LogP contribution in [0.25, 0.3) is 16.6 Å². The van der Waals surface area contributed by atoms with E-state index in [1.54, 1.807) is 6.20 Å². The maximum atomic E-state index is 8.69. The molecule has 0 aliphatic heterocycles. The van der Waals surface area contributed by atoms with Gasteiger partial charge >= 0.3 is 0 Å². The number of aromatic nitrogens is 5. The molecule has 0 amide bonds. The molecule has 3 aromatic rings. The number of benzene rings is 1. The van der Waals surface area contributed by atoms with E-state index in [4.69, 9.17) is 5.26 Å². The maximum Gasteiger partial charge on any atom is 0.252 e. The van der Waals surface area contributed by atoms with E-state index in [9.17, 15) is 0 Å². The zero-order chi connectivity index (χ0) is 11.7. The van der Waals surface area contributed by atoms with E-state index < -0.39 is 0 Å². The molecule has 0 unspecified atom stereocenters. The number of rotatable bonds is 1. The molecule has 2 aromatic heterocycles. The molecular weight excluding hydrogens is 216 g/mol. The zero-order valence-corrected chi connectivity index (χ0v) is 8.65. The summed E-state index contributed by atoms with van der Waals surface area (Å²) < 4.78 is 1.45. The quantitative estimate of drug-likeness (QED) is 0.615. The standard InChI is InChI=1S/C11H6N6/c12-5-10-13-7-17(16-10)11-9-4-2-1-3-8(9)6-14-15-11/h1-4,6-7H. The SMILES string of the molecule is N#Cc1ncn(-c2nncc3ccccc23)n1. The summed E-state index contributed by atoms with van der Waals surface area (Å²) in [4.78, 5) is 3.84. The molecule has 6 heteroatoms. The van der Waals surface area contributed by atoms with Gasteiger partial charge in [-0.3, -0.25) is 0 Å². The molecule has 6 nitrogen and oxygen atoms in total. The van der Waals surface area contributed by atoms with Crippen LogP contribution in [0.4, 0.5) is 0 Å². The van der Waals surface area contributed by atoms with Crippen LogP contribution in [-0.4, -0.2) is 25.0 Å². The Bertz CT molecular complexity index is 719. The van der Waals surface area contributed by atoms with Crippen LogP contribution >= 0.6 is 0 Å². The van der Waals surface area contributed by atoms with Gasteiger partial charge in [-0.05, 0) is 0 Å². The van der Waals surface area contributed by atoms with E-state index >= 15 is 0 Å². The van der Waals surface area contributed by atoms with E-state index in [1.165, 1.54) is 11.0 Å². The Labute approximate surface area is 96.2 Å². The highest BCUT2D eigenvalue weighted by Crippen LogP contribution is 2.17. The predicted molar refractivity (Wildman–Crippen MR) is 59.2 cm³/mol. The molecule has 0 radical (unpaired) electrons. The van der Waals surface area contributed by atoms with Gasteiger partial charge in [0.05, 0.1) is 6.20 Å². The lowest BCUT2D eigenvalue weighted by Gasteiger charge is -2.02. The second-order valence-electron chi connectivity index (χ2n) is 3.38. The molecule has 0 bridgehead atoms. The molecule has 0 saturated carbocycles. The fourth-order valence-corrected chi connectivity index (χ4v) is 1.60. The third-order valence-electron chi connectivity index (χ3n) is 2.36. The number of nitrogens with zero attached hydrogens (tertiary/aromatic N) is 6. The summed E-state index contributed by atoms with van der Waals surface area (Å²) in [6, 6.07) is 9.58. The Morgan fingerprint density at radius 2 is 2.12 bits per heavy atom. The summed E-state index contributed by atoms with van der Waals surface area (Å²) in [5.41, 5.74) is 0. The van der Waals surface area contributed by atoms with Crippen molar-refractivity contribution in [2.24, 2.45) is 0 Å². The van der Waals surface area contributed by atoms with E-state index in [-0.39, 0.29) is 5.82 Å². The fraction of sp³-hybridized carbons (Fsp3) is 0. The number of nitriles is 1. The summed E-state index contributed by atoms with van der Waals surface area (Å²) in [5, 5.41) is 22.5. The smallest absolute Gasteiger partial charge is 0.206 e. The summed E-state index contributed by atoms with van der Waals surface area (Å²) in [7, 11) is 0. The fourth-order valence-electron chi connectivity index (χ4n) is 1.60. The van der Waals surface area contributed by atoms with Crippen molar-refractivity contribution in [1.29, 1.82) is 5.26 Å². The predicted octanol–water partition coefficient (Wildman–Crippen LogP) is 1.08. The van der Waals surface area contributed by atoms with Crippen LogP contribution in [0, 0.1) is 11.3 Å². The molecule has 0 N–H and O–H groups in total. The molecule has 0 atom stereocenters. The normalized spacial score (nSPS) is 10.3. The zero-order valence-electron chi connectivity index (χ0n) is 8.65. The van der Waals surface area contributed by atoms with Gasteiger partial charge < -0.3 is 0 Å². The van der Waals surface area contributed by atoms with Crippen LogP contribution < -0.4 is 0 Å². The Kier molecular flexibility index (Phi) is 2.02. The molecule has 0 fully saturated rings. The van der Waals surface area contributed by atoms with Crippen molar-refractivity contribution in [3.63, 3.8) is 0 Å². The van der Waals surface area contributed by atoms with Gasteiger partial charge in [-0.2, -0.15) is 15.0 Å². The maximum absolute atomic E-state index is 8.69. The highest BCUT2D eigenvalue weighted by Gasteiger charge is 2.07. The van der Waals surface area contributed by atoms with Gasteiger partial charge in [0.2, 0.25) is 0 Å². The largest absolute Gasteiger partial charge is 0.252 e. The van der Waals surface area contributed by atoms with Crippen LogP contribution in [0.5, 0.6) is 0 Å². The molecular formula is C11H6N6. The Morgan fingerprint density at radius 1 is 1.24 bits per heavy atom. The molecule has 3 rings (SSSR count). The first-order valence-corrected chi connectivity index (χ1v) is 4.91. The average molecular weight is 222 g/mol. The molecule has 1 aromatic carbocycles. The summed E-state index contributed by atoms with van der Waals surface area (Å²) in [5.74, 6) is 0.678. The second-order valence-corrected chi connectivity index (χ2v) is 3.38. The minimum Gasteiger partial charge on any atom is -0.206 e. The summed E-state index contributed by atoms with van der Waals surface area (Å²) in [6.45, 7) is 0. The first-order chi connectivity index (χ1) is 8.38. The molecule has 80 valence electrons.